The summed E-state index contributed by atoms with van der Waals surface area (Å²) in [6, 6.07) is 9.35. The molecule has 1 saturated heterocycles. The van der Waals surface area contributed by atoms with Crippen molar-refractivity contribution in [2.24, 2.45) is 0 Å². The number of aliphatic hydroxyl groups excluding tert-OH is 3. The molecule has 5 atom stereocenters. The number of phenols is 1. The maximum Gasteiger partial charge on any atom is 1.00 e. The van der Waals surface area contributed by atoms with Crippen LogP contribution in [0.2, 0.25) is 0 Å². The van der Waals surface area contributed by atoms with E-state index in [2.05, 4.69) is 0 Å². The van der Waals surface area contributed by atoms with Gasteiger partial charge in [-0.3, -0.25) is 4.79 Å². The number of allylic oxidation sites excluding steroid dienone is 1. The molecule has 4 N–H and O–H groups in total. The molecule has 5 unspecified atom stereocenters. The van der Waals surface area contributed by atoms with Gasteiger partial charge in [-0.15, -0.1) is 0 Å². The SMILES string of the molecule is COc1cc(O)c(C(=O)/C=C/c2ccc3occc3c2)cc1C1OC(C(=O)[O-])C(O)C(O)C1O.[Na+]. The van der Waals surface area contributed by atoms with Gasteiger partial charge in [-0.2, -0.15) is 0 Å². The van der Waals surface area contributed by atoms with Gasteiger partial charge >= 0.3 is 29.6 Å². The van der Waals surface area contributed by atoms with Crippen molar-refractivity contribution in [3.05, 3.63) is 65.4 Å². The zero-order valence-electron chi connectivity index (χ0n) is 18.8. The zero-order valence-corrected chi connectivity index (χ0v) is 20.8. The summed E-state index contributed by atoms with van der Waals surface area (Å²) in [5.74, 6) is -2.86. The van der Waals surface area contributed by atoms with Gasteiger partial charge in [0.1, 0.15) is 47.6 Å². The fraction of sp³-hybridized carbons (Fsp3) is 0.250. The number of aliphatic hydroxyl groups is 3. The third kappa shape index (κ3) is 5.29. The second kappa shape index (κ2) is 10.9. The van der Waals surface area contributed by atoms with Crippen LogP contribution in [-0.2, 0) is 9.53 Å². The monoisotopic (exact) mass is 492 g/mol. The van der Waals surface area contributed by atoms with E-state index in [-0.39, 0.29) is 46.4 Å². The largest absolute Gasteiger partial charge is 1.00 e. The topological polar surface area (TPSA) is 170 Å². The average Bonchev–Trinajstić information content (AvgIpc) is 3.29. The molecular formula is C24H21NaO10. The molecule has 1 aliphatic heterocycles. The third-order valence-electron chi connectivity index (χ3n) is 5.67. The van der Waals surface area contributed by atoms with Gasteiger partial charge in [-0.1, -0.05) is 12.1 Å². The first-order valence-corrected chi connectivity index (χ1v) is 10.2. The number of ketones is 1. The van der Waals surface area contributed by atoms with Crippen LogP contribution in [-0.4, -0.2) is 63.7 Å². The van der Waals surface area contributed by atoms with Crippen LogP contribution in [0, 0.1) is 0 Å². The second-order valence-electron chi connectivity index (χ2n) is 7.79. The van der Waals surface area contributed by atoms with Crippen molar-refractivity contribution in [3.8, 4) is 11.5 Å². The molecular weight excluding hydrogens is 471 g/mol. The molecule has 0 radical (unpaired) electrons. The summed E-state index contributed by atoms with van der Waals surface area (Å²) in [6.45, 7) is 0. The Kier molecular flexibility index (Phi) is 8.39. The fourth-order valence-electron chi connectivity index (χ4n) is 3.86. The van der Waals surface area contributed by atoms with E-state index < -0.39 is 48.0 Å². The summed E-state index contributed by atoms with van der Waals surface area (Å²) in [5.41, 5.74) is 1.20. The van der Waals surface area contributed by atoms with Gasteiger partial charge in [0.15, 0.2) is 5.78 Å². The zero-order chi connectivity index (χ0) is 24.6. The number of carbonyl (C=O) groups excluding carboxylic acids is 2. The molecule has 3 aromatic rings. The average molecular weight is 492 g/mol. The molecule has 1 fully saturated rings. The van der Waals surface area contributed by atoms with Gasteiger partial charge < -0.3 is 44.2 Å². The van der Waals surface area contributed by atoms with Gasteiger partial charge in [-0.25, -0.2) is 0 Å². The van der Waals surface area contributed by atoms with Crippen molar-refractivity contribution in [2.75, 3.05) is 7.11 Å². The molecule has 10 nitrogen and oxygen atoms in total. The van der Waals surface area contributed by atoms with Crippen LogP contribution in [0.4, 0.5) is 0 Å². The Labute approximate surface area is 221 Å². The minimum Gasteiger partial charge on any atom is -0.547 e. The number of hydrogen-bond donors (Lipinski definition) is 4. The van der Waals surface area contributed by atoms with E-state index in [9.17, 15) is 35.1 Å². The minimum absolute atomic E-state index is 0. The molecule has 2 aromatic carbocycles. The van der Waals surface area contributed by atoms with Crippen molar-refractivity contribution in [1.29, 1.82) is 0 Å². The van der Waals surface area contributed by atoms with Gasteiger partial charge in [0.25, 0.3) is 0 Å². The Balaban J connectivity index is 0.00000342. The molecule has 0 amide bonds. The number of rotatable bonds is 6. The summed E-state index contributed by atoms with van der Waals surface area (Å²) < 4.78 is 15.8. The first-order valence-electron chi connectivity index (χ1n) is 10.2. The smallest absolute Gasteiger partial charge is 0.547 e. The number of phenolic OH excluding ortho intramolecular Hbond substituents is 1. The first-order chi connectivity index (χ1) is 16.2. The van der Waals surface area contributed by atoms with Crippen LogP contribution in [0.3, 0.4) is 0 Å². The standard InChI is InChI=1S/C24H22O10.Na/c1-32-18-10-16(26)13(15(25)4-2-11-3-5-17-12(8-11)6-7-33-17)9-14(18)22-20(28)19(27)21(29)23(34-22)24(30)31;/h2-10,19-23,26-29H,1H3,(H,30,31);/q;+1/p-1/b4-2+;. The van der Waals surface area contributed by atoms with Crippen molar-refractivity contribution in [2.45, 2.75) is 30.5 Å². The van der Waals surface area contributed by atoms with Crippen LogP contribution in [0.1, 0.15) is 27.6 Å². The summed E-state index contributed by atoms with van der Waals surface area (Å²) >= 11 is 0. The quantitative estimate of drug-likeness (QED) is 0.162. The van der Waals surface area contributed by atoms with Gasteiger partial charge in [0, 0.05) is 17.0 Å². The molecule has 1 aromatic heterocycles. The second-order valence-corrected chi connectivity index (χ2v) is 7.79. The molecule has 178 valence electrons. The normalized spacial score (nSPS) is 24.3. The van der Waals surface area contributed by atoms with Crippen molar-refractivity contribution >= 4 is 28.8 Å². The predicted molar refractivity (Wildman–Crippen MR) is 115 cm³/mol. The summed E-state index contributed by atoms with van der Waals surface area (Å²) in [4.78, 5) is 24.2. The van der Waals surface area contributed by atoms with Crippen LogP contribution >= 0.6 is 0 Å². The number of aliphatic carboxylic acids is 1. The number of methoxy groups -OCH3 is 1. The van der Waals surface area contributed by atoms with Gasteiger partial charge in [0.05, 0.1) is 24.9 Å². The molecule has 11 heteroatoms. The number of hydrogen-bond acceptors (Lipinski definition) is 10. The van der Waals surface area contributed by atoms with E-state index >= 15 is 0 Å². The number of carboxylic acid groups (broad SMARTS) is 1. The van der Waals surface area contributed by atoms with E-state index in [0.717, 1.165) is 11.5 Å². The van der Waals surface area contributed by atoms with Crippen molar-refractivity contribution in [3.63, 3.8) is 0 Å². The van der Waals surface area contributed by atoms with Crippen LogP contribution < -0.4 is 39.4 Å². The minimum atomic E-state index is -1.95. The van der Waals surface area contributed by atoms with Crippen LogP contribution in [0.25, 0.3) is 17.0 Å². The Hall–Kier alpha value is -2.70. The third-order valence-corrected chi connectivity index (χ3v) is 5.67. The summed E-state index contributed by atoms with van der Waals surface area (Å²) in [7, 11) is 1.25. The van der Waals surface area contributed by atoms with Crippen LogP contribution in [0.5, 0.6) is 11.5 Å². The number of benzene rings is 2. The summed E-state index contributed by atoms with van der Waals surface area (Å²) in [5, 5.41) is 53.0. The molecule has 0 aliphatic carbocycles. The number of furan rings is 1. The summed E-state index contributed by atoms with van der Waals surface area (Å²) in [6.07, 6.45) is -4.71. The number of ether oxygens (including phenoxy) is 2. The number of aromatic hydroxyl groups is 1. The Morgan fingerprint density at radius 1 is 1.06 bits per heavy atom. The number of carbonyl (C=O) groups is 2. The number of fused-ring (bicyclic) bond motifs is 1. The fourth-order valence-corrected chi connectivity index (χ4v) is 3.86. The Morgan fingerprint density at radius 2 is 1.80 bits per heavy atom. The Bertz CT molecular complexity index is 1270. The molecule has 0 spiro atoms. The van der Waals surface area contributed by atoms with E-state index in [0.29, 0.717) is 11.1 Å². The molecule has 0 saturated carbocycles. The molecule has 0 bridgehead atoms. The Morgan fingerprint density at radius 3 is 2.49 bits per heavy atom. The molecule has 2 heterocycles. The molecule has 35 heavy (non-hydrogen) atoms. The molecule has 1 aliphatic rings. The maximum atomic E-state index is 12.9. The van der Waals surface area contributed by atoms with Crippen LogP contribution in [0.15, 0.2) is 53.2 Å². The van der Waals surface area contributed by atoms with Gasteiger partial charge in [0.2, 0.25) is 0 Å². The maximum absolute atomic E-state index is 12.9. The first kappa shape index (κ1) is 26.9. The van der Waals surface area contributed by atoms with E-state index in [1.165, 1.54) is 25.3 Å². The number of carboxylic acids is 1. The van der Waals surface area contributed by atoms with Crippen molar-refractivity contribution < 1.29 is 78.6 Å². The van der Waals surface area contributed by atoms with Gasteiger partial charge in [-0.05, 0) is 35.9 Å². The van der Waals surface area contributed by atoms with E-state index in [4.69, 9.17) is 13.9 Å². The van der Waals surface area contributed by atoms with E-state index in [1.807, 2.05) is 0 Å². The molecule has 4 rings (SSSR count). The van der Waals surface area contributed by atoms with E-state index in [1.54, 1.807) is 30.5 Å². The van der Waals surface area contributed by atoms with Crippen molar-refractivity contribution in [1.82, 2.24) is 0 Å². The predicted octanol–water partition coefficient (Wildman–Crippen LogP) is -2.68.